The second-order valence-electron chi connectivity index (χ2n) is 5.45. The number of carbonyl (C=O) groups excluding carboxylic acids is 1. The number of hydrogen-bond donors (Lipinski definition) is 0. The highest BCUT2D eigenvalue weighted by Crippen LogP contribution is 2.32. The summed E-state index contributed by atoms with van der Waals surface area (Å²) in [7, 11) is 0. The minimum Gasteiger partial charge on any atom is -0.298 e. The summed E-state index contributed by atoms with van der Waals surface area (Å²) in [5.41, 5.74) is 2.27. The van der Waals surface area contributed by atoms with Crippen molar-refractivity contribution in [3.8, 4) is 11.3 Å². The molecule has 1 aliphatic carbocycles. The van der Waals surface area contributed by atoms with E-state index in [0.717, 1.165) is 24.7 Å². The SMILES string of the molecule is Cc1ccc(F)c(-c2nn(C3CCCC3)cc2C=O)c1. The highest BCUT2D eigenvalue weighted by Gasteiger charge is 2.21. The Hall–Kier alpha value is -1.97. The van der Waals surface area contributed by atoms with Gasteiger partial charge in [0.25, 0.3) is 0 Å². The third kappa shape index (κ3) is 2.26. The maximum atomic E-state index is 14.0. The Morgan fingerprint density at radius 1 is 1.35 bits per heavy atom. The topological polar surface area (TPSA) is 34.9 Å². The molecule has 0 bridgehead atoms. The smallest absolute Gasteiger partial charge is 0.153 e. The summed E-state index contributed by atoms with van der Waals surface area (Å²) in [6.07, 6.45) is 7.05. The van der Waals surface area contributed by atoms with Crippen molar-refractivity contribution >= 4 is 6.29 Å². The summed E-state index contributed by atoms with van der Waals surface area (Å²) in [4.78, 5) is 11.2. The Balaban J connectivity index is 2.07. The van der Waals surface area contributed by atoms with Crippen LogP contribution in [0, 0.1) is 12.7 Å². The zero-order valence-electron chi connectivity index (χ0n) is 11.5. The Morgan fingerprint density at radius 3 is 2.80 bits per heavy atom. The number of nitrogens with zero attached hydrogens (tertiary/aromatic N) is 2. The Labute approximate surface area is 117 Å². The molecule has 0 amide bonds. The average Bonchev–Trinajstić information content (AvgIpc) is 3.09. The van der Waals surface area contributed by atoms with Gasteiger partial charge in [0.15, 0.2) is 6.29 Å². The van der Waals surface area contributed by atoms with E-state index in [0.29, 0.717) is 22.9 Å². The first-order valence-electron chi connectivity index (χ1n) is 7.00. The fraction of sp³-hybridized carbons (Fsp3) is 0.375. The van der Waals surface area contributed by atoms with Gasteiger partial charge in [-0.3, -0.25) is 9.48 Å². The first kappa shape index (κ1) is 13.0. The number of benzene rings is 1. The van der Waals surface area contributed by atoms with Gasteiger partial charge >= 0.3 is 0 Å². The first-order valence-corrected chi connectivity index (χ1v) is 7.00. The molecule has 3 rings (SSSR count). The van der Waals surface area contributed by atoms with E-state index in [-0.39, 0.29) is 5.82 Å². The lowest BCUT2D eigenvalue weighted by atomic mass is 10.1. The van der Waals surface area contributed by atoms with E-state index in [4.69, 9.17) is 0 Å². The summed E-state index contributed by atoms with van der Waals surface area (Å²) < 4.78 is 15.8. The lowest BCUT2D eigenvalue weighted by molar-refractivity contribution is 0.112. The Kier molecular flexibility index (Phi) is 3.38. The second-order valence-corrected chi connectivity index (χ2v) is 5.45. The van der Waals surface area contributed by atoms with Crippen LogP contribution in [0.2, 0.25) is 0 Å². The predicted octanol–water partition coefficient (Wildman–Crippen LogP) is 3.93. The molecule has 20 heavy (non-hydrogen) atoms. The minimum absolute atomic E-state index is 0.338. The molecule has 3 nitrogen and oxygen atoms in total. The van der Waals surface area contributed by atoms with Gasteiger partial charge < -0.3 is 0 Å². The summed E-state index contributed by atoms with van der Waals surface area (Å²) >= 11 is 0. The molecule has 0 aliphatic heterocycles. The fourth-order valence-corrected chi connectivity index (χ4v) is 2.88. The van der Waals surface area contributed by atoms with E-state index in [9.17, 15) is 9.18 Å². The number of aromatic nitrogens is 2. The van der Waals surface area contributed by atoms with E-state index in [2.05, 4.69) is 5.10 Å². The highest BCUT2D eigenvalue weighted by molar-refractivity contribution is 5.85. The summed E-state index contributed by atoms with van der Waals surface area (Å²) in [5.74, 6) is -0.338. The molecule has 2 aromatic rings. The van der Waals surface area contributed by atoms with Crippen LogP contribution in [0.25, 0.3) is 11.3 Å². The van der Waals surface area contributed by atoms with Crippen molar-refractivity contribution in [1.82, 2.24) is 9.78 Å². The molecule has 1 saturated carbocycles. The monoisotopic (exact) mass is 272 g/mol. The molecule has 0 radical (unpaired) electrons. The molecule has 0 atom stereocenters. The molecule has 0 saturated heterocycles. The zero-order chi connectivity index (χ0) is 14.1. The van der Waals surface area contributed by atoms with Gasteiger partial charge in [-0.15, -0.1) is 0 Å². The van der Waals surface area contributed by atoms with Gasteiger partial charge in [0.05, 0.1) is 11.6 Å². The van der Waals surface area contributed by atoms with Crippen LogP contribution >= 0.6 is 0 Å². The maximum Gasteiger partial charge on any atom is 0.153 e. The molecule has 1 fully saturated rings. The van der Waals surface area contributed by atoms with Gasteiger partial charge in [0.2, 0.25) is 0 Å². The van der Waals surface area contributed by atoms with Crippen molar-refractivity contribution in [2.45, 2.75) is 38.6 Å². The molecular weight excluding hydrogens is 255 g/mol. The standard InChI is InChI=1S/C16H17FN2O/c1-11-6-7-15(17)14(8-11)16-12(10-20)9-19(18-16)13-4-2-3-5-13/h6-10,13H,2-5H2,1H3. The summed E-state index contributed by atoms with van der Waals surface area (Å²) in [6.45, 7) is 1.90. The van der Waals surface area contributed by atoms with Crippen LogP contribution in [0.5, 0.6) is 0 Å². The number of halogens is 1. The number of aryl methyl sites for hydroxylation is 1. The Morgan fingerprint density at radius 2 is 2.10 bits per heavy atom. The fourth-order valence-electron chi connectivity index (χ4n) is 2.88. The van der Waals surface area contributed by atoms with Crippen molar-refractivity contribution < 1.29 is 9.18 Å². The third-order valence-corrected chi connectivity index (χ3v) is 3.96. The molecule has 1 aromatic carbocycles. The summed E-state index contributed by atoms with van der Waals surface area (Å²) in [5, 5.41) is 4.48. The van der Waals surface area contributed by atoms with Gasteiger partial charge in [-0.25, -0.2) is 4.39 Å². The van der Waals surface area contributed by atoms with E-state index < -0.39 is 0 Å². The molecule has 1 heterocycles. The second kappa shape index (κ2) is 5.19. The molecule has 1 aromatic heterocycles. The largest absolute Gasteiger partial charge is 0.298 e. The summed E-state index contributed by atoms with van der Waals surface area (Å²) in [6, 6.07) is 5.22. The van der Waals surface area contributed by atoms with Gasteiger partial charge in [-0.1, -0.05) is 24.5 Å². The zero-order valence-corrected chi connectivity index (χ0v) is 11.5. The predicted molar refractivity (Wildman–Crippen MR) is 75.3 cm³/mol. The lowest BCUT2D eigenvalue weighted by Crippen LogP contribution is -2.05. The van der Waals surface area contributed by atoms with Crippen LogP contribution in [-0.2, 0) is 0 Å². The first-order chi connectivity index (χ1) is 9.69. The lowest BCUT2D eigenvalue weighted by Gasteiger charge is -2.08. The molecule has 0 spiro atoms. The Bertz CT molecular complexity index is 642. The third-order valence-electron chi connectivity index (χ3n) is 3.96. The molecule has 4 heteroatoms. The number of aldehydes is 1. The van der Waals surface area contributed by atoms with Gasteiger partial charge in [0.1, 0.15) is 11.5 Å². The molecular formula is C16H17FN2O. The quantitative estimate of drug-likeness (QED) is 0.794. The van der Waals surface area contributed by atoms with Crippen molar-refractivity contribution in [1.29, 1.82) is 0 Å². The van der Waals surface area contributed by atoms with Crippen LogP contribution in [0.15, 0.2) is 24.4 Å². The highest BCUT2D eigenvalue weighted by atomic mass is 19.1. The van der Waals surface area contributed by atoms with Crippen LogP contribution in [-0.4, -0.2) is 16.1 Å². The van der Waals surface area contributed by atoms with E-state index in [1.165, 1.54) is 18.9 Å². The van der Waals surface area contributed by atoms with E-state index >= 15 is 0 Å². The molecule has 1 aliphatic rings. The molecule has 0 unspecified atom stereocenters. The van der Waals surface area contributed by atoms with Gasteiger partial charge in [-0.05, 0) is 31.9 Å². The van der Waals surface area contributed by atoms with Gasteiger partial charge in [0, 0.05) is 11.8 Å². The van der Waals surface area contributed by atoms with Gasteiger partial charge in [-0.2, -0.15) is 5.10 Å². The maximum absolute atomic E-state index is 14.0. The van der Waals surface area contributed by atoms with Crippen molar-refractivity contribution in [2.24, 2.45) is 0 Å². The van der Waals surface area contributed by atoms with Crippen LogP contribution < -0.4 is 0 Å². The minimum atomic E-state index is -0.338. The van der Waals surface area contributed by atoms with Crippen LogP contribution in [0.4, 0.5) is 4.39 Å². The van der Waals surface area contributed by atoms with Crippen molar-refractivity contribution in [3.05, 3.63) is 41.3 Å². The normalized spacial score (nSPS) is 15.7. The average molecular weight is 272 g/mol. The molecule has 0 N–H and O–H groups in total. The van der Waals surface area contributed by atoms with E-state index in [1.807, 2.05) is 11.6 Å². The number of carbonyl (C=O) groups is 1. The van der Waals surface area contributed by atoms with Crippen molar-refractivity contribution in [2.75, 3.05) is 0 Å². The van der Waals surface area contributed by atoms with Crippen molar-refractivity contribution in [3.63, 3.8) is 0 Å². The molecule has 104 valence electrons. The van der Waals surface area contributed by atoms with E-state index in [1.54, 1.807) is 18.3 Å². The number of rotatable bonds is 3. The van der Waals surface area contributed by atoms with Crippen LogP contribution in [0.3, 0.4) is 0 Å². The van der Waals surface area contributed by atoms with Crippen LogP contribution in [0.1, 0.15) is 47.6 Å². The number of hydrogen-bond acceptors (Lipinski definition) is 2.